The topological polar surface area (TPSA) is 35.5 Å². The Morgan fingerprint density at radius 3 is 2.30 bits per heavy atom. The summed E-state index contributed by atoms with van der Waals surface area (Å²) in [5.41, 5.74) is 0.322. The van der Waals surface area contributed by atoms with E-state index in [1.165, 1.54) is 24.3 Å². The molecule has 0 heterocycles. The van der Waals surface area contributed by atoms with Gasteiger partial charge in [-0.2, -0.15) is 0 Å². The van der Waals surface area contributed by atoms with E-state index in [1.54, 1.807) is 6.92 Å². The molecule has 0 N–H and O–H groups in total. The highest BCUT2D eigenvalue weighted by atomic mass is 19.4. The molecule has 0 amide bonds. The highest BCUT2D eigenvalue weighted by Crippen LogP contribution is 2.30. The Morgan fingerprint density at radius 2 is 1.74 bits per heavy atom. The largest absolute Gasteiger partial charge is 0.573 e. The Bertz CT molecular complexity index is 693. The number of hydrogen-bond acceptors (Lipinski definition) is 3. The van der Waals surface area contributed by atoms with E-state index < -0.39 is 23.9 Å². The molecule has 0 saturated heterocycles. The van der Waals surface area contributed by atoms with Crippen molar-refractivity contribution < 1.29 is 31.8 Å². The third-order valence-electron chi connectivity index (χ3n) is 2.89. The molecule has 0 aliphatic rings. The van der Waals surface area contributed by atoms with Crippen LogP contribution in [0.1, 0.15) is 17.3 Å². The summed E-state index contributed by atoms with van der Waals surface area (Å²) < 4.78 is 58.9. The van der Waals surface area contributed by atoms with Crippen LogP contribution in [0.5, 0.6) is 5.75 Å². The molecule has 0 fully saturated rings. The molecule has 2 aromatic rings. The van der Waals surface area contributed by atoms with Crippen LogP contribution in [0.25, 0.3) is 11.1 Å². The minimum absolute atomic E-state index is 0.0744. The molecule has 0 aliphatic heterocycles. The maximum absolute atomic E-state index is 13.9. The lowest BCUT2D eigenvalue weighted by Gasteiger charge is -2.12. The molecular formula is C16H12F4O3. The maximum Gasteiger partial charge on any atom is 0.573 e. The van der Waals surface area contributed by atoms with Gasteiger partial charge in [0.15, 0.2) is 0 Å². The van der Waals surface area contributed by atoms with Crippen molar-refractivity contribution in [2.45, 2.75) is 13.3 Å². The fraction of sp³-hybridized carbons (Fsp3) is 0.188. The highest BCUT2D eigenvalue weighted by molar-refractivity contribution is 5.97. The quantitative estimate of drug-likeness (QED) is 0.609. The van der Waals surface area contributed by atoms with Gasteiger partial charge in [0.1, 0.15) is 17.1 Å². The van der Waals surface area contributed by atoms with Crippen LogP contribution < -0.4 is 4.74 Å². The van der Waals surface area contributed by atoms with Crippen molar-refractivity contribution in [1.29, 1.82) is 0 Å². The molecule has 0 atom stereocenters. The lowest BCUT2D eigenvalue weighted by molar-refractivity contribution is -0.274. The van der Waals surface area contributed by atoms with Crippen molar-refractivity contribution in [1.82, 2.24) is 0 Å². The van der Waals surface area contributed by atoms with E-state index in [9.17, 15) is 22.4 Å². The third kappa shape index (κ3) is 4.21. The highest BCUT2D eigenvalue weighted by Gasteiger charge is 2.31. The summed E-state index contributed by atoms with van der Waals surface area (Å²) in [5, 5.41) is 0. The van der Waals surface area contributed by atoms with Crippen LogP contribution in [-0.2, 0) is 4.74 Å². The summed E-state index contributed by atoms with van der Waals surface area (Å²) in [6, 6.07) is 8.77. The first-order valence-electron chi connectivity index (χ1n) is 6.63. The van der Waals surface area contributed by atoms with Gasteiger partial charge in [-0.3, -0.25) is 0 Å². The predicted molar refractivity (Wildman–Crippen MR) is 74.5 cm³/mol. The van der Waals surface area contributed by atoms with E-state index in [0.29, 0.717) is 5.56 Å². The van der Waals surface area contributed by atoms with Crippen LogP contribution in [0.15, 0.2) is 42.5 Å². The number of carbonyl (C=O) groups is 1. The first kappa shape index (κ1) is 16.8. The van der Waals surface area contributed by atoms with Crippen molar-refractivity contribution in [3.63, 3.8) is 0 Å². The zero-order valence-electron chi connectivity index (χ0n) is 12.0. The second-order valence-electron chi connectivity index (χ2n) is 4.46. The number of halogens is 4. The van der Waals surface area contributed by atoms with Crippen molar-refractivity contribution in [2.24, 2.45) is 0 Å². The first-order valence-corrected chi connectivity index (χ1v) is 6.63. The standard InChI is InChI=1S/C16H12F4O3/c1-2-22-15(21)14-12(4-3-5-13(14)17)10-6-8-11(9-7-10)23-16(18,19)20/h3-9H,2H2,1H3. The Kier molecular flexibility index (Phi) is 4.88. The van der Waals surface area contributed by atoms with Crippen LogP contribution in [0.3, 0.4) is 0 Å². The smallest absolute Gasteiger partial charge is 0.462 e. The zero-order valence-corrected chi connectivity index (χ0v) is 12.0. The molecule has 0 bridgehead atoms. The average molecular weight is 328 g/mol. The molecule has 0 radical (unpaired) electrons. The van der Waals surface area contributed by atoms with Crippen LogP contribution in [-0.4, -0.2) is 18.9 Å². The molecule has 2 aromatic carbocycles. The van der Waals surface area contributed by atoms with Gasteiger partial charge in [0.2, 0.25) is 0 Å². The van der Waals surface area contributed by atoms with Gasteiger partial charge in [0.05, 0.1) is 6.61 Å². The van der Waals surface area contributed by atoms with Crippen LogP contribution >= 0.6 is 0 Å². The zero-order chi connectivity index (χ0) is 17.0. The van der Waals surface area contributed by atoms with Crippen LogP contribution in [0.4, 0.5) is 17.6 Å². The van der Waals surface area contributed by atoms with Crippen molar-refractivity contribution >= 4 is 5.97 Å². The molecule has 3 nitrogen and oxygen atoms in total. The summed E-state index contributed by atoms with van der Waals surface area (Å²) in [7, 11) is 0. The van der Waals surface area contributed by atoms with E-state index in [2.05, 4.69) is 4.74 Å². The van der Waals surface area contributed by atoms with Gasteiger partial charge < -0.3 is 9.47 Å². The van der Waals surface area contributed by atoms with E-state index in [-0.39, 0.29) is 17.7 Å². The van der Waals surface area contributed by atoms with Gasteiger partial charge >= 0.3 is 12.3 Å². The molecule has 23 heavy (non-hydrogen) atoms. The monoisotopic (exact) mass is 328 g/mol. The predicted octanol–water partition coefficient (Wildman–Crippen LogP) is 4.57. The summed E-state index contributed by atoms with van der Waals surface area (Å²) in [6.45, 7) is 1.66. The normalized spacial score (nSPS) is 11.2. The van der Waals surface area contributed by atoms with E-state index in [0.717, 1.165) is 18.2 Å². The molecule has 0 saturated carbocycles. The summed E-state index contributed by atoms with van der Waals surface area (Å²) in [6.07, 6.45) is -4.80. The molecule has 2 rings (SSSR count). The Labute approximate surface area is 129 Å². The summed E-state index contributed by atoms with van der Waals surface area (Å²) >= 11 is 0. The van der Waals surface area contributed by atoms with Crippen molar-refractivity contribution in [2.75, 3.05) is 6.61 Å². The number of esters is 1. The SMILES string of the molecule is CCOC(=O)c1c(F)cccc1-c1ccc(OC(F)(F)F)cc1. The van der Waals surface area contributed by atoms with Crippen molar-refractivity contribution in [3.8, 4) is 16.9 Å². The molecular weight excluding hydrogens is 316 g/mol. The van der Waals surface area contributed by atoms with E-state index >= 15 is 0 Å². The van der Waals surface area contributed by atoms with Crippen molar-refractivity contribution in [3.05, 3.63) is 53.8 Å². The van der Waals surface area contributed by atoms with Gasteiger partial charge in [-0.15, -0.1) is 13.2 Å². The average Bonchev–Trinajstić information content (AvgIpc) is 2.46. The van der Waals surface area contributed by atoms with Crippen LogP contribution in [0.2, 0.25) is 0 Å². The molecule has 0 aliphatic carbocycles. The molecule has 0 spiro atoms. The molecule has 0 aromatic heterocycles. The number of rotatable bonds is 4. The third-order valence-corrected chi connectivity index (χ3v) is 2.89. The summed E-state index contributed by atoms with van der Waals surface area (Å²) in [5.74, 6) is -2.01. The second-order valence-corrected chi connectivity index (χ2v) is 4.46. The lowest BCUT2D eigenvalue weighted by Crippen LogP contribution is -2.17. The summed E-state index contributed by atoms with van der Waals surface area (Å²) in [4.78, 5) is 11.9. The van der Waals surface area contributed by atoms with Gasteiger partial charge in [-0.25, -0.2) is 9.18 Å². The molecule has 7 heteroatoms. The lowest BCUT2D eigenvalue weighted by atomic mass is 9.99. The van der Waals surface area contributed by atoms with Gasteiger partial charge in [0.25, 0.3) is 0 Å². The fourth-order valence-electron chi connectivity index (χ4n) is 2.01. The first-order chi connectivity index (χ1) is 10.8. The fourth-order valence-corrected chi connectivity index (χ4v) is 2.01. The van der Waals surface area contributed by atoms with Gasteiger partial charge in [-0.1, -0.05) is 24.3 Å². The van der Waals surface area contributed by atoms with Gasteiger partial charge in [-0.05, 0) is 36.2 Å². The number of hydrogen-bond donors (Lipinski definition) is 0. The Hall–Kier alpha value is -2.57. The van der Waals surface area contributed by atoms with Gasteiger partial charge in [0, 0.05) is 0 Å². The minimum atomic E-state index is -4.80. The van der Waals surface area contributed by atoms with E-state index in [1.807, 2.05) is 0 Å². The number of carbonyl (C=O) groups excluding carboxylic acids is 1. The number of ether oxygens (including phenoxy) is 2. The maximum atomic E-state index is 13.9. The minimum Gasteiger partial charge on any atom is -0.462 e. The Balaban J connectivity index is 2.39. The molecule has 122 valence electrons. The second kappa shape index (κ2) is 6.68. The number of benzene rings is 2. The number of alkyl halides is 3. The Morgan fingerprint density at radius 1 is 1.09 bits per heavy atom. The van der Waals surface area contributed by atoms with E-state index in [4.69, 9.17) is 4.74 Å². The molecule has 0 unspecified atom stereocenters. The van der Waals surface area contributed by atoms with Crippen LogP contribution in [0, 0.1) is 5.82 Å².